The van der Waals surface area contributed by atoms with Gasteiger partial charge in [0.15, 0.2) is 0 Å². The Bertz CT molecular complexity index is 471. The number of likely N-dealkylation sites (tertiary alicyclic amines) is 1. The summed E-state index contributed by atoms with van der Waals surface area (Å²) >= 11 is 0. The molecule has 4 nitrogen and oxygen atoms in total. The maximum absolute atomic E-state index is 4.31. The highest BCUT2D eigenvalue weighted by atomic mass is 15.2. The first-order valence-electron chi connectivity index (χ1n) is 5.93. The highest BCUT2D eigenvalue weighted by Crippen LogP contribution is 2.13. The zero-order valence-electron chi connectivity index (χ0n) is 9.34. The van der Waals surface area contributed by atoms with Gasteiger partial charge in [0.1, 0.15) is 0 Å². The Hall–Kier alpha value is -1.42. The van der Waals surface area contributed by atoms with Crippen LogP contribution in [0.5, 0.6) is 0 Å². The lowest BCUT2D eigenvalue weighted by Crippen LogP contribution is -2.29. The quantitative estimate of drug-likeness (QED) is 0.766. The largest absolute Gasteiger partial charge is 0.298 e. The summed E-state index contributed by atoms with van der Waals surface area (Å²) in [5.74, 6) is 0.800. The molecule has 16 heavy (non-hydrogen) atoms. The van der Waals surface area contributed by atoms with Crippen molar-refractivity contribution < 1.29 is 0 Å². The molecule has 0 saturated carbocycles. The van der Waals surface area contributed by atoms with E-state index in [1.807, 2.05) is 18.5 Å². The maximum atomic E-state index is 4.31. The van der Waals surface area contributed by atoms with Gasteiger partial charge in [-0.1, -0.05) is 6.42 Å². The SMILES string of the molecule is c1cnc2ncc(CN3CCCCC3)n2c1. The van der Waals surface area contributed by atoms with Gasteiger partial charge in [0.2, 0.25) is 5.78 Å². The second kappa shape index (κ2) is 4.22. The van der Waals surface area contributed by atoms with Gasteiger partial charge in [0.05, 0.1) is 11.9 Å². The summed E-state index contributed by atoms with van der Waals surface area (Å²) < 4.78 is 2.08. The molecule has 0 amide bonds. The van der Waals surface area contributed by atoms with E-state index in [4.69, 9.17) is 0 Å². The average molecular weight is 216 g/mol. The van der Waals surface area contributed by atoms with Crippen molar-refractivity contribution in [2.45, 2.75) is 25.8 Å². The van der Waals surface area contributed by atoms with E-state index in [0.717, 1.165) is 12.3 Å². The molecule has 0 aromatic carbocycles. The molecule has 1 fully saturated rings. The fourth-order valence-corrected chi connectivity index (χ4v) is 2.34. The Balaban J connectivity index is 1.83. The zero-order chi connectivity index (χ0) is 10.8. The third-order valence-electron chi connectivity index (χ3n) is 3.20. The molecule has 3 heterocycles. The molecule has 0 spiro atoms. The molecule has 2 aromatic rings. The van der Waals surface area contributed by atoms with Gasteiger partial charge >= 0.3 is 0 Å². The molecule has 1 saturated heterocycles. The zero-order valence-corrected chi connectivity index (χ0v) is 9.34. The summed E-state index contributed by atoms with van der Waals surface area (Å²) in [7, 11) is 0. The number of hydrogen-bond donors (Lipinski definition) is 0. The van der Waals surface area contributed by atoms with Gasteiger partial charge in [-0.25, -0.2) is 9.97 Å². The van der Waals surface area contributed by atoms with Crippen LogP contribution in [0.25, 0.3) is 5.78 Å². The molecule has 2 aromatic heterocycles. The molecule has 3 rings (SSSR count). The van der Waals surface area contributed by atoms with Crippen LogP contribution in [-0.2, 0) is 6.54 Å². The average Bonchev–Trinajstić information content (AvgIpc) is 2.74. The van der Waals surface area contributed by atoms with Crippen molar-refractivity contribution in [1.29, 1.82) is 0 Å². The smallest absolute Gasteiger partial charge is 0.233 e. The van der Waals surface area contributed by atoms with Gasteiger partial charge in [-0.2, -0.15) is 0 Å². The molecule has 0 unspecified atom stereocenters. The Labute approximate surface area is 94.9 Å². The lowest BCUT2D eigenvalue weighted by atomic mass is 10.1. The van der Waals surface area contributed by atoms with Gasteiger partial charge in [0, 0.05) is 18.9 Å². The summed E-state index contributed by atoms with van der Waals surface area (Å²) in [4.78, 5) is 11.0. The number of hydrogen-bond acceptors (Lipinski definition) is 3. The Morgan fingerprint density at radius 2 is 2.00 bits per heavy atom. The number of nitrogens with zero attached hydrogens (tertiary/aromatic N) is 4. The van der Waals surface area contributed by atoms with Crippen LogP contribution >= 0.6 is 0 Å². The van der Waals surface area contributed by atoms with Gasteiger partial charge < -0.3 is 0 Å². The Morgan fingerprint density at radius 1 is 1.12 bits per heavy atom. The van der Waals surface area contributed by atoms with E-state index in [1.54, 1.807) is 6.20 Å². The fourth-order valence-electron chi connectivity index (χ4n) is 2.34. The summed E-state index contributed by atoms with van der Waals surface area (Å²) in [6.45, 7) is 3.42. The Kier molecular flexibility index (Phi) is 2.58. The molecule has 0 bridgehead atoms. The van der Waals surface area contributed by atoms with E-state index in [2.05, 4.69) is 19.3 Å². The number of piperidine rings is 1. The van der Waals surface area contributed by atoms with E-state index in [-0.39, 0.29) is 0 Å². The molecule has 1 aliphatic rings. The van der Waals surface area contributed by atoms with Crippen LogP contribution in [-0.4, -0.2) is 32.4 Å². The van der Waals surface area contributed by atoms with Crippen molar-refractivity contribution in [1.82, 2.24) is 19.3 Å². The molecule has 0 radical (unpaired) electrons. The molecule has 4 heteroatoms. The molecular formula is C12H16N4. The molecule has 1 aliphatic heterocycles. The number of aromatic nitrogens is 3. The minimum absolute atomic E-state index is 0.800. The third-order valence-corrected chi connectivity index (χ3v) is 3.20. The predicted molar refractivity (Wildman–Crippen MR) is 62.1 cm³/mol. The van der Waals surface area contributed by atoms with E-state index in [0.29, 0.717) is 0 Å². The van der Waals surface area contributed by atoms with E-state index in [1.165, 1.54) is 38.0 Å². The predicted octanol–water partition coefficient (Wildman–Crippen LogP) is 1.72. The maximum Gasteiger partial charge on any atom is 0.233 e. The van der Waals surface area contributed by atoms with Crippen molar-refractivity contribution in [2.24, 2.45) is 0 Å². The van der Waals surface area contributed by atoms with Crippen LogP contribution in [0, 0.1) is 0 Å². The van der Waals surface area contributed by atoms with Gasteiger partial charge in [-0.3, -0.25) is 9.30 Å². The third kappa shape index (κ3) is 1.80. The number of imidazole rings is 1. The number of fused-ring (bicyclic) bond motifs is 1. The minimum Gasteiger partial charge on any atom is -0.298 e. The second-order valence-corrected chi connectivity index (χ2v) is 4.38. The first-order valence-corrected chi connectivity index (χ1v) is 5.93. The van der Waals surface area contributed by atoms with Crippen LogP contribution in [0.15, 0.2) is 24.7 Å². The van der Waals surface area contributed by atoms with Gasteiger partial charge in [-0.15, -0.1) is 0 Å². The highest BCUT2D eigenvalue weighted by Gasteiger charge is 2.12. The second-order valence-electron chi connectivity index (χ2n) is 4.38. The van der Waals surface area contributed by atoms with Gasteiger partial charge in [-0.05, 0) is 32.0 Å². The summed E-state index contributed by atoms with van der Waals surface area (Å²) in [5.41, 5.74) is 1.24. The molecule has 0 atom stereocenters. The summed E-state index contributed by atoms with van der Waals surface area (Å²) in [6, 6.07) is 1.95. The van der Waals surface area contributed by atoms with Crippen LogP contribution in [0.2, 0.25) is 0 Å². The minimum atomic E-state index is 0.800. The molecule has 0 N–H and O–H groups in total. The standard InChI is InChI=1S/C12H16N4/c1-2-6-15(7-3-1)10-11-9-14-12-13-5-4-8-16(11)12/h4-5,8-9H,1-3,6-7,10H2. The van der Waals surface area contributed by atoms with Crippen LogP contribution in [0.3, 0.4) is 0 Å². The van der Waals surface area contributed by atoms with Crippen molar-refractivity contribution in [3.8, 4) is 0 Å². The molecule has 0 aliphatic carbocycles. The Morgan fingerprint density at radius 3 is 2.88 bits per heavy atom. The van der Waals surface area contributed by atoms with Crippen molar-refractivity contribution in [3.63, 3.8) is 0 Å². The van der Waals surface area contributed by atoms with Crippen molar-refractivity contribution >= 4 is 5.78 Å². The topological polar surface area (TPSA) is 33.4 Å². The lowest BCUT2D eigenvalue weighted by Gasteiger charge is -2.25. The molecular weight excluding hydrogens is 200 g/mol. The van der Waals surface area contributed by atoms with E-state index in [9.17, 15) is 0 Å². The van der Waals surface area contributed by atoms with E-state index < -0.39 is 0 Å². The first kappa shape index (κ1) is 9.78. The fraction of sp³-hybridized carbons (Fsp3) is 0.500. The van der Waals surface area contributed by atoms with Gasteiger partial charge in [0.25, 0.3) is 0 Å². The normalized spacial score (nSPS) is 18.0. The first-order chi connectivity index (χ1) is 7.93. The van der Waals surface area contributed by atoms with E-state index >= 15 is 0 Å². The van der Waals surface area contributed by atoms with Crippen molar-refractivity contribution in [2.75, 3.05) is 13.1 Å². The lowest BCUT2D eigenvalue weighted by molar-refractivity contribution is 0.218. The monoisotopic (exact) mass is 216 g/mol. The van der Waals surface area contributed by atoms with Crippen molar-refractivity contribution in [3.05, 3.63) is 30.4 Å². The summed E-state index contributed by atoms with van der Waals surface area (Å²) in [6.07, 6.45) is 9.80. The van der Waals surface area contributed by atoms with Crippen LogP contribution < -0.4 is 0 Å². The summed E-state index contributed by atoms with van der Waals surface area (Å²) in [5, 5.41) is 0. The highest BCUT2D eigenvalue weighted by molar-refractivity contribution is 5.30. The van der Waals surface area contributed by atoms with Crippen LogP contribution in [0.1, 0.15) is 25.0 Å². The number of rotatable bonds is 2. The van der Waals surface area contributed by atoms with Crippen LogP contribution in [0.4, 0.5) is 0 Å². The molecule has 84 valence electrons.